The van der Waals surface area contributed by atoms with E-state index < -0.39 is 84.5 Å². The lowest BCUT2D eigenvalue weighted by Crippen LogP contribution is -2.57. The molecule has 0 radical (unpaired) electrons. The van der Waals surface area contributed by atoms with E-state index in [-0.39, 0.29) is 45.2 Å². The molecule has 64 heavy (non-hydrogen) atoms. The topological polar surface area (TPSA) is 344 Å². The number of carboxylic acids is 2. The minimum atomic E-state index is -1.41. The fourth-order valence-electron chi connectivity index (χ4n) is 5.74. The number of carboxylic acid groups (broad SMARTS) is 2. The predicted octanol–water partition coefficient (Wildman–Crippen LogP) is -0.378. The van der Waals surface area contributed by atoms with Crippen LogP contribution in [0, 0.1) is 11.3 Å². The van der Waals surface area contributed by atoms with E-state index in [2.05, 4.69) is 41.9 Å². The van der Waals surface area contributed by atoms with Gasteiger partial charge in [0.25, 0.3) is 0 Å². The van der Waals surface area contributed by atoms with Crippen molar-refractivity contribution in [2.24, 2.45) is 16.6 Å². The number of thioether (sulfide) groups is 1. The van der Waals surface area contributed by atoms with Crippen molar-refractivity contribution in [3.8, 4) is 0 Å². The van der Waals surface area contributed by atoms with E-state index in [1.54, 1.807) is 39.2 Å². The van der Waals surface area contributed by atoms with E-state index in [1.165, 1.54) is 23.1 Å². The van der Waals surface area contributed by atoms with Gasteiger partial charge in [-0.25, -0.2) is 9.78 Å². The highest BCUT2D eigenvalue weighted by molar-refractivity contribution is 8.15. The Morgan fingerprint density at radius 3 is 2.22 bits per heavy atom. The molecule has 25 heteroatoms. The second-order valence-electron chi connectivity index (χ2n) is 14.3. The molecule has 2 aromatic rings. The second kappa shape index (κ2) is 28.3. The number of aliphatic imine (C=N–C) groups is 1. The van der Waals surface area contributed by atoms with Gasteiger partial charge in [0.1, 0.15) is 34.8 Å². The lowest BCUT2D eigenvalue weighted by atomic mass is 9.97. The van der Waals surface area contributed by atoms with Gasteiger partial charge in [-0.3, -0.25) is 39.2 Å². The van der Waals surface area contributed by atoms with Crippen LogP contribution < -0.4 is 37.6 Å². The molecule has 354 valence electrons. The van der Waals surface area contributed by atoms with Crippen LogP contribution in [0.15, 0.2) is 23.2 Å². The van der Waals surface area contributed by atoms with Crippen molar-refractivity contribution in [2.75, 3.05) is 77.5 Å². The molecule has 5 atom stereocenters. The largest absolute Gasteiger partial charge is 0.481 e. The number of nitrogens with two attached hydrogens (primary N) is 1. The molecule has 5 amide bonds. The Labute approximate surface area is 377 Å². The number of guanidine groups is 1. The van der Waals surface area contributed by atoms with Gasteiger partial charge in [-0.2, -0.15) is 0 Å². The van der Waals surface area contributed by atoms with Crippen LogP contribution in [0.5, 0.6) is 0 Å². The molecule has 0 bridgehead atoms. The van der Waals surface area contributed by atoms with Crippen LogP contribution in [0.25, 0.3) is 10.2 Å². The SMILES string of the molecule is CC[C@H](C)[C@H](NC(=O)COCCOCCOCCOC)C(=O)N[C@@H](CCC(=O)O)C(=O)NCC(=O)N[C@@H](CCCNC(=N)N)C(=O)Nc1ccc2nc(C3=N[C@@H](C(=O)O)CS3)sc2c1. The van der Waals surface area contributed by atoms with Crippen molar-refractivity contribution in [2.45, 2.75) is 70.1 Å². The number of nitrogens with one attached hydrogen (secondary N) is 7. The van der Waals surface area contributed by atoms with Crippen LogP contribution in [0.4, 0.5) is 5.69 Å². The molecule has 1 aromatic carbocycles. The van der Waals surface area contributed by atoms with E-state index in [1.807, 2.05) is 0 Å². The van der Waals surface area contributed by atoms with Gasteiger partial charge in [-0.05, 0) is 43.4 Å². The summed E-state index contributed by atoms with van der Waals surface area (Å²) in [6.07, 6.45) is -0.0132. The first-order valence-corrected chi connectivity index (χ1v) is 22.3. The van der Waals surface area contributed by atoms with E-state index in [4.69, 9.17) is 30.1 Å². The first-order chi connectivity index (χ1) is 30.6. The van der Waals surface area contributed by atoms with Crippen LogP contribution in [0.2, 0.25) is 0 Å². The maximum Gasteiger partial charge on any atom is 0.329 e. The average Bonchev–Trinajstić information content (AvgIpc) is 3.93. The number of hydrogen-bond acceptors (Lipinski definition) is 16. The Morgan fingerprint density at radius 1 is 0.891 bits per heavy atom. The number of nitrogens with zero attached hydrogens (tertiary/aromatic N) is 2. The van der Waals surface area contributed by atoms with Crippen LogP contribution in [-0.4, -0.2) is 164 Å². The summed E-state index contributed by atoms with van der Waals surface area (Å²) >= 11 is 2.57. The zero-order chi connectivity index (χ0) is 47.0. The fourth-order valence-corrected chi connectivity index (χ4v) is 7.84. The van der Waals surface area contributed by atoms with Crippen molar-refractivity contribution in [1.29, 1.82) is 5.41 Å². The second-order valence-corrected chi connectivity index (χ2v) is 16.3. The number of ether oxygens (including phenoxy) is 4. The summed E-state index contributed by atoms with van der Waals surface area (Å²) in [6, 6.07) is 0.452. The first kappa shape index (κ1) is 52.9. The lowest BCUT2D eigenvalue weighted by molar-refractivity contribution is -0.139. The van der Waals surface area contributed by atoms with Gasteiger partial charge in [0.2, 0.25) is 29.5 Å². The van der Waals surface area contributed by atoms with Gasteiger partial charge in [0, 0.05) is 31.5 Å². The number of anilines is 1. The standard InChI is InChI=1S/C39H58N10O13S2/c1-4-22(2)32(49-30(51)20-62-17-16-61-15-14-60-13-12-59-3)35(56)46-26(9-10-31(52)53)33(54)43-19-29(50)45-25(6-5-11-42-39(40)41)34(55)44-23-7-8-24-28(18-23)64-37(47-24)36-48-27(21-63-36)38(57)58/h7-8,18,22,25-27,32H,4-6,9-17,19-21H2,1-3H3,(H,43,54)(H,44,55)(H,45,50)(H,46,56)(H,49,51)(H,52,53)(H,57,58)(H4,40,41,42)/t22-,25-,26-,27+,32-/m0/s1. The number of fused-ring (bicyclic) bond motifs is 1. The normalized spacial score (nSPS) is 15.2. The number of carbonyl (C=O) groups is 7. The van der Waals surface area contributed by atoms with Crippen LogP contribution in [0.1, 0.15) is 51.0 Å². The molecule has 0 saturated carbocycles. The third-order valence-corrected chi connectivity index (χ3v) is 11.5. The summed E-state index contributed by atoms with van der Waals surface area (Å²) in [7, 11) is 1.57. The number of carbonyl (C=O) groups excluding carboxylic acids is 5. The first-order valence-electron chi connectivity index (χ1n) is 20.5. The molecular formula is C39H58N10O13S2. The quantitative estimate of drug-likeness (QED) is 0.0262. The summed E-state index contributed by atoms with van der Waals surface area (Å²) in [6.45, 7) is 4.58. The number of aliphatic carboxylic acids is 2. The number of thiazole rings is 1. The van der Waals surface area contributed by atoms with Crippen molar-refractivity contribution >= 4 is 91.5 Å². The van der Waals surface area contributed by atoms with Gasteiger partial charge >= 0.3 is 11.9 Å². The molecule has 11 N–H and O–H groups in total. The summed E-state index contributed by atoms with van der Waals surface area (Å²) < 4.78 is 21.6. The molecular weight excluding hydrogens is 881 g/mol. The third-order valence-electron chi connectivity index (χ3n) is 9.34. The van der Waals surface area contributed by atoms with E-state index >= 15 is 0 Å². The van der Waals surface area contributed by atoms with Gasteiger partial charge in [-0.1, -0.05) is 20.3 Å². The average molecular weight is 939 g/mol. The van der Waals surface area contributed by atoms with E-state index in [0.717, 1.165) is 0 Å². The zero-order valence-corrected chi connectivity index (χ0v) is 37.5. The number of rotatable bonds is 31. The Bertz CT molecular complexity index is 1950. The smallest absolute Gasteiger partial charge is 0.329 e. The van der Waals surface area contributed by atoms with Crippen molar-refractivity contribution < 1.29 is 62.7 Å². The zero-order valence-electron chi connectivity index (χ0n) is 35.9. The van der Waals surface area contributed by atoms with E-state index in [0.29, 0.717) is 71.0 Å². The minimum Gasteiger partial charge on any atom is -0.481 e. The molecule has 2 heterocycles. The highest BCUT2D eigenvalue weighted by Gasteiger charge is 2.31. The van der Waals surface area contributed by atoms with Gasteiger partial charge in [0.15, 0.2) is 12.0 Å². The molecule has 1 aliphatic rings. The van der Waals surface area contributed by atoms with Crippen molar-refractivity contribution in [3.63, 3.8) is 0 Å². The van der Waals surface area contributed by atoms with Gasteiger partial charge < -0.3 is 66.8 Å². The summed E-state index contributed by atoms with van der Waals surface area (Å²) in [5.74, 6) is -6.27. The van der Waals surface area contributed by atoms with Crippen molar-refractivity contribution in [1.82, 2.24) is 31.6 Å². The predicted molar refractivity (Wildman–Crippen MR) is 237 cm³/mol. The van der Waals surface area contributed by atoms with Crippen molar-refractivity contribution in [3.05, 3.63) is 23.2 Å². The Hall–Kier alpha value is -5.47. The number of benzene rings is 1. The Morgan fingerprint density at radius 2 is 1.58 bits per heavy atom. The van der Waals surface area contributed by atoms with Gasteiger partial charge in [-0.15, -0.1) is 23.1 Å². The maximum absolute atomic E-state index is 13.6. The highest BCUT2D eigenvalue weighted by atomic mass is 32.2. The van der Waals surface area contributed by atoms with E-state index in [9.17, 15) is 43.8 Å². The fraction of sp³-hybridized carbons (Fsp3) is 0.590. The third kappa shape index (κ3) is 19.1. The Balaban J connectivity index is 1.60. The van der Waals surface area contributed by atoms with Crippen LogP contribution >= 0.6 is 23.1 Å². The number of aromatic nitrogens is 1. The molecule has 3 rings (SSSR count). The minimum absolute atomic E-state index is 0.0878. The Kier molecular flexibility index (Phi) is 23.4. The van der Waals surface area contributed by atoms with Crippen LogP contribution in [0.3, 0.4) is 0 Å². The van der Waals surface area contributed by atoms with Crippen LogP contribution in [-0.2, 0) is 52.5 Å². The summed E-state index contributed by atoms with van der Waals surface area (Å²) in [4.78, 5) is 98.0. The summed E-state index contributed by atoms with van der Waals surface area (Å²) in [5, 5.41) is 42.6. The number of hydrogen-bond donors (Lipinski definition) is 10. The maximum atomic E-state index is 13.6. The molecule has 1 aromatic heterocycles. The summed E-state index contributed by atoms with van der Waals surface area (Å²) in [5.41, 5.74) is 6.36. The molecule has 0 spiro atoms. The molecule has 0 aliphatic carbocycles. The molecule has 0 fully saturated rings. The number of methoxy groups -OCH3 is 1. The molecule has 0 saturated heterocycles. The highest BCUT2D eigenvalue weighted by Crippen LogP contribution is 2.31. The molecule has 0 unspecified atom stereocenters. The lowest BCUT2D eigenvalue weighted by Gasteiger charge is -2.26. The van der Waals surface area contributed by atoms with Gasteiger partial charge in [0.05, 0.1) is 56.4 Å². The molecule has 1 aliphatic heterocycles. The monoisotopic (exact) mass is 938 g/mol. The number of amides is 5. The molecule has 23 nitrogen and oxygen atoms in total.